The number of carbonyl (C=O) groups is 1. The lowest BCUT2D eigenvalue weighted by Crippen LogP contribution is -2.45. The van der Waals surface area contributed by atoms with Crippen molar-refractivity contribution < 1.29 is 22.7 Å². The number of nitrogens with one attached hydrogen (secondary N) is 1. The molecule has 1 N–H and O–H groups in total. The first-order valence-electron chi connectivity index (χ1n) is 11.3. The van der Waals surface area contributed by atoms with Gasteiger partial charge in [-0.05, 0) is 67.9 Å². The Labute approximate surface area is 196 Å². The molecule has 0 bridgehead atoms. The summed E-state index contributed by atoms with van der Waals surface area (Å²) in [6, 6.07) is 14.2. The van der Waals surface area contributed by atoms with Crippen LogP contribution in [0, 0.1) is 23.4 Å². The summed E-state index contributed by atoms with van der Waals surface area (Å²) in [4.78, 5) is 19.8. The highest BCUT2D eigenvalue weighted by Gasteiger charge is 2.33. The monoisotopic (exact) mass is 469 g/mol. The SMILES string of the molecule is O=C(C1CCNCC1)N(CCOc1c(F)cccc1F)[C@@H](c1ccc(F)cc1)c1ccccn1. The van der Waals surface area contributed by atoms with Gasteiger partial charge in [0.1, 0.15) is 12.4 Å². The number of amides is 1. The predicted octanol–water partition coefficient (Wildman–Crippen LogP) is 4.50. The number of piperidine rings is 1. The number of para-hydroxylation sites is 1. The minimum absolute atomic E-state index is 0.0646. The molecule has 1 atom stereocenters. The first kappa shape index (κ1) is 23.8. The van der Waals surface area contributed by atoms with Crippen molar-refractivity contribution in [3.63, 3.8) is 0 Å². The topological polar surface area (TPSA) is 54.5 Å². The highest BCUT2D eigenvalue weighted by Crippen LogP contribution is 2.31. The van der Waals surface area contributed by atoms with Crippen LogP contribution in [0.15, 0.2) is 66.9 Å². The zero-order chi connectivity index (χ0) is 23.9. The molecule has 4 rings (SSSR count). The molecule has 0 unspecified atom stereocenters. The van der Waals surface area contributed by atoms with E-state index in [0.29, 0.717) is 24.1 Å². The van der Waals surface area contributed by atoms with E-state index in [9.17, 15) is 18.0 Å². The Morgan fingerprint density at radius 3 is 2.35 bits per heavy atom. The van der Waals surface area contributed by atoms with Crippen LogP contribution in [0.2, 0.25) is 0 Å². The van der Waals surface area contributed by atoms with Crippen molar-refractivity contribution in [2.24, 2.45) is 5.92 Å². The maximum atomic E-state index is 14.1. The summed E-state index contributed by atoms with van der Waals surface area (Å²) in [6.45, 7) is 1.40. The molecule has 0 saturated carbocycles. The zero-order valence-corrected chi connectivity index (χ0v) is 18.6. The lowest BCUT2D eigenvalue weighted by atomic mass is 9.93. The number of nitrogens with zero attached hydrogens (tertiary/aromatic N) is 2. The summed E-state index contributed by atoms with van der Waals surface area (Å²) in [5.74, 6) is -2.80. The van der Waals surface area contributed by atoms with E-state index in [0.717, 1.165) is 25.2 Å². The van der Waals surface area contributed by atoms with Crippen LogP contribution in [0.4, 0.5) is 13.2 Å². The van der Waals surface area contributed by atoms with Crippen LogP contribution in [0.5, 0.6) is 5.75 Å². The molecule has 1 saturated heterocycles. The third-order valence-corrected chi connectivity index (χ3v) is 5.93. The third kappa shape index (κ3) is 5.56. The van der Waals surface area contributed by atoms with E-state index >= 15 is 0 Å². The van der Waals surface area contributed by atoms with Gasteiger partial charge in [0.2, 0.25) is 5.91 Å². The second-order valence-electron chi connectivity index (χ2n) is 8.16. The molecule has 5 nitrogen and oxygen atoms in total. The van der Waals surface area contributed by atoms with Crippen LogP contribution in [-0.2, 0) is 4.79 Å². The molecule has 1 aliphatic heterocycles. The van der Waals surface area contributed by atoms with Crippen LogP contribution in [0.1, 0.15) is 30.1 Å². The van der Waals surface area contributed by atoms with Crippen LogP contribution in [0.25, 0.3) is 0 Å². The quantitative estimate of drug-likeness (QED) is 0.528. The van der Waals surface area contributed by atoms with Crippen LogP contribution in [0.3, 0.4) is 0 Å². The maximum absolute atomic E-state index is 14.1. The van der Waals surface area contributed by atoms with E-state index in [1.807, 2.05) is 6.07 Å². The van der Waals surface area contributed by atoms with Crippen molar-refractivity contribution in [1.82, 2.24) is 15.2 Å². The molecule has 2 aromatic carbocycles. The first-order valence-corrected chi connectivity index (χ1v) is 11.3. The van der Waals surface area contributed by atoms with Crippen molar-refractivity contribution >= 4 is 5.91 Å². The Morgan fingerprint density at radius 1 is 1.00 bits per heavy atom. The average molecular weight is 470 g/mol. The molecular weight excluding hydrogens is 443 g/mol. The Bertz CT molecular complexity index is 1070. The van der Waals surface area contributed by atoms with Crippen LogP contribution < -0.4 is 10.1 Å². The molecular formula is C26H26F3N3O2. The minimum Gasteiger partial charge on any atom is -0.486 e. The van der Waals surface area contributed by atoms with Gasteiger partial charge in [-0.2, -0.15) is 0 Å². The number of benzene rings is 2. The number of ether oxygens (including phenoxy) is 1. The van der Waals surface area contributed by atoms with Gasteiger partial charge in [-0.25, -0.2) is 13.2 Å². The van der Waals surface area contributed by atoms with Gasteiger partial charge < -0.3 is 15.0 Å². The number of pyridine rings is 1. The fraction of sp³-hybridized carbons (Fsp3) is 0.308. The smallest absolute Gasteiger partial charge is 0.226 e. The standard InChI is InChI=1S/C26H26F3N3O2/c27-20-9-7-18(8-10-20)24(23-6-1-2-13-31-23)32(26(33)19-11-14-30-15-12-19)16-17-34-25-21(28)4-3-5-22(25)29/h1-10,13,19,24,30H,11-12,14-17H2/t24-/m0/s1. The van der Waals surface area contributed by atoms with E-state index in [-0.39, 0.29) is 25.0 Å². The van der Waals surface area contributed by atoms with Crippen molar-refractivity contribution in [1.29, 1.82) is 0 Å². The molecule has 3 aromatic rings. The van der Waals surface area contributed by atoms with E-state index < -0.39 is 29.2 Å². The summed E-state index contributed by atoms with van der Waals surface area (Å²) < 4.78 is 47.2. The Kier molecular flexibility index (Phi) is 7.80. The van der Waals surface area contributed by atoms with Gasteiger partial charge in [0, 0.05) is 12.1 Å². The lowest BCUT2D eigenvalue weighted by Gasteiger charge is -2.35. The fourth-order valence-corrected chi connectivity index (χ4v) is 4.23. The average Bonchev–Trinajstić information content (AvgIpc) is 2.87. The number of halogens is 3. The Hall–Kier alpha value is -3.39. The molecule has 1 amide bonds. The highest BCUT2D eigenvalue weighted by molar-refractivity contribution is 5.80. The molecule has 0 radical (unpaired) electrons. The lowest BCUT2D eigenvalue weighted by molar-refractivity contribution is -0.138. The molecule has 1 aliphatic rings. The second-order valence-corrected chi connectivity index (χ2v) is 8.16. The maximum Gasteiger partial charge on any atom is 0.226 e. The number of hydrogen-bond acceptors (Lipinski definition) is 4. The minimum atomic E-state index is -0.809. The number of hydrogen-bond donors (Lipinski definition) is 1. The van der Waals surface area contributed by atoms with Gasteiger partial charge in [0.05, 0.1) is 18.3 Å². The van der Waals surface area contributed by atoms with Crippen molar-refractivity contribution in [2.75, 3.05) is 26.2 Å². The molecule has 34 heavy (non-hydrogen) atoms. The van der Waals surface area contributed by atoms with E-state index in [4.69, 9.17) is 4.74 Å². The van der Waals surface area contributed by atoms with Gasteiger partial charge in [-0.15, -0.1) is 0 Å². The molecule has 1 fully saturated rings. The Morgan fingerprint density at radius 2 is 1.71 bits per heavy atom. The number of carbonyl (C=O) groups excluding carboxylic acids is 1. The molecule has 178 valence electrons. The van der Waals surface area contributed by atoms with Crippen molar-refractivity contribution in [2.45, 2.75) is 18.9 Å². The third-order valence-electron chi connectivity index (χ3n) is 5.93. The zero-order valence-electron chi connectivity index (χ0n) is 18.6. The van der Waals surface area contributed by atoms with E-state index in [1.54, 1.807) is 35.4 Å². The van der Waals surface area contributed by atoms with Crippen molar-refractivity contribution in [3.8, 4) is 5.75 Å². The normalized spacial score (nSPS) is 15.0. The van der Waals surface area contributed by atoms with Crippen LogP contribution in [-0.4, -0.2) is 42.0 Å². The highest BCUT2D eigenvalue weighted by atomic mass is 19.1. The molecule has 0 spiro atoms. The molecule has 2 heterocycles. The summed E-state index contributed by atoms with van der Waals surface area (Å²) in [5, 5.41) is 3.25. The summed E-state index contributed by atoms with van der Waals surface area (Å²) in [5.41, 5.74) is 1.29. The van der Waals surface area contributed by atoms with Crippen molar-refractivity contribution in [3.05, 3.63) is 95.6 Å². The number of aromatic nitrogens is 1. The fourth-order valence-electron chi connectivity index (χ4n) is 4.23. The first-order chi connectivity index (χ1) is 16.5. The number of rotatable bonds is 8. The van der Waals surface area contributed by atoms with E-state index in [2.05, 4.69) is 10.3 Å². The molecule has 8 heteroatoms. The van der Waals surface area contributed by atoms with E-state index in [1.165, 1.54) is 18.2 Å². The van der Waals surface area contributed by atoms with Gasteiger partial charge >= 0.3 is 0 Å². The Balaban J connectivity index is 1.66. The molecule has 0 aliphatic carbocycles. The molecule has 1 aromatic heterocycles. The summed E-state index contributed by atoms with van der Waals surface area (Å²) >= 11 is 0. The largest absolute Gasteiger partial charge is 0.486 e. The summed E-state index contributed by atoms with van der Waals surface area (Å²) in [7, 11) is 0. The van der Waals surface area contributed by atoms with Gasteiger partial charge in [0.25, 0.3) is 0 Å². The van der Waals surface area contributed by atoms with Gasteiger partial charge in [0.15, 0.2) is 17.4 Å². The summed E-state index contributed by atoms with van der Waals surface area (Å²) in [6.07, 6.45) is 2.98. The van der Waals surface area contributed by atoms with Gasteiger partial charge in [-0.3, -0.25) is 9.78 Å². The second kappa shape index (κ2) is 11.2. The van der Waals surface area contributed by atoms with Gasteiger partial charge in [-0.1, -0.05) is 24.3 Å². The predicted molar refractivity (Wildman–Crippen MR) is 122 cm³/mol. The van der Waals surface area contributed by atoms with Crippen LogP contribution >= 0.6 is 0 Å².